The number of nitrogens with zero attached hydrogens (tertiary/aromatic N) is 2. The molecule has 3 heterocycles. The highest BCUT2D eigenvalue weighted by molar-refractivity contribution is 6.08. The van der Waals surface area contributed by atoms with E-state index in [1.54, 1.807) is 35.5 Å². The molecule has 1 aromatic heterocycles. The number of nitrogens with one attached hydrogen (secondary N) is 1. The zero-order chi connectivity index (χ0) is 20.9. The zero-order valence-electron chi connectivity index (χ0n) is 16.4. The van der Waals surface area contributed by atoms with Gasteiger partial charge < -0.3 is 10.2 Å². The lowest BCUT2D eigenvalue weighted by Crippen LogP contribution is -2.42. The maximum Gasteiger partial charge on any atom is 0.256 e. The minimum atomic E-state index is -0.916. The number of anilines is 1. The number of carbonyl (C=O) groups excluding carboxylic acids is 2. The Morgan fingerprint density at radius 3 is 2.70 bits per heavy atom. The number of amides is 2. The van der Waals surface area contributed by atoms with Gasteiger partial charge in [-0.25, -0.2) is 4.39 Å². The molecule has 3 aromatic rings. The van der Waals surface area contributed by atoms with Crippen molar-refractivity contribution in [2.24, 2.45) is 0 Å². The Labute approximate surface area is 173 Å². The lowest BCUT2D eigenvalue weighted by atomic mass is 9.72. The molecule has 0 saturated carbocycles. The van der Waals surface area contributed by atoms with E-state index < -0.39 is 11.5 Å². The molecule has 2 aromatic carbocycles. The predicted molar refractivity (Wildman–Crippen MR) is 111 cm³/mol. The van der Waals surface area contributed by atoms with Crippen LogP contribution in [0.1, 0.15) is 39.5 Å². The van der Waals surface area contributed by atoms with Gasteiger partial charge in [-0.2, -0.15) is 0 Å². The van der Waals surface area contributed by atoms with Crippen molar-refractivity contribution in [3.05, 3.63) is 95.1 Å². The molecule has 2 unspecified atom stereocenters. The van der Waals surface area contributed by atoms with Crippen LogP contribution in [0, 0.1) is 12.7 Å². The minimum Gasteiger partial charge on any atom is -0.330 e. The Bertz CT molecular complexity index is 1160. The van der Waals surface area contributed by atoms with Gasteiger partial charge in [0.2, 0.25) is 5.91 Å². The molecule has 1 N–H and O–H groups in total. The Kier molecular flexibility index (Phi) is 4.17. The van der Waals surface area contributed by atoms with Crippen molar-refractivity contribution in [3.63, 3.8) is 0 Å². The molecule has 0 aliphatic carbocycles. The Morgan fingerprint density at radius 2 is 1.93 bits per heavy atom. The van der Waals surface area contributed by atoms with E-state index in [0.29, 0.717) is 18.5 Å². The van der Waals surface area contributed by atoms with Crippen LogP contribution in [0.4, 0.5) is 10.1 Å². The van der Waals surface area contributed by atoms with Gasteiger partial charge in [0, 0.05) is 24.6 Å². The highest BCUT2D eigenvalue weighted by Crippen LogP contribution is 2.54. The molecule has 2 atom stereocenters. The highest BCUT2D eigenvalue weighted by atomic mass is 19.1. The van der Waals surface area contributed by atoms with E-state index in [4.69, 9.17) is 0 Å². The second kappa shape index (κ2) is 6.76. The third kappa shape index (κ3) is 2.56. The van der Waals surface area contributed by atoms with Crippen LogP contribution in [-0.4, -0.2) is 28.2 Å². The van der Waals surface area contributed by atoms with E-state index in [0.717, 1.165) is 22.4 Å². The first-order chi connectivity index (χ1) is 14.5. The van der Waals surface area contributed by atoms with Crippen molar-refractivity contribution >= 4 is 17.5 Å². The lowest BCUT2D eigenvalue weighted by molar-refractivity contribution is -0.121. The van der Waals surface area contributed by atoms with Gasteiger partial charge in [-0.15, -0.1) is 0 Å². The molecule has 5 rings (SSSR count). The fourth-order valence-corrected chi connectivity index (χ4v) is 4.86. The van der Waals surface area contributed by atoms with Crippen LogP contribution < -0.4 is 5.32 Å². The summed E-state index contributed by atoms with van der Waals surface area (Å²) < 4.78 is 13.7. The zero-order valence-corrected chi connectivity index (χ0v) is 16.4. The second-order valence-corrected chi connectivity index (χ2v) is 7.86. The third-order valence-electron chi connectivity index (χ3n) is 6.30. The van der Waals surface area contributed by atoms with E-state index in [-0.39, 0.29) is 17.6 Å². The molecule has 2 amide bonds. The number of fused-ring (bicyclic) bond motifs is 2. The Balaban J connectivity index is 1.68. The number of halogens is 1. The van der Waals surface area contributed by atoms with Crippen LogP contribution in [0.15, 0.2) is 67.0 Å². The fourth-order valence-electron chi connectivity index (χ4n) is 4.86. The first kappa shape index (κ1) is 18.5. The highest BCUT2D eigenvalue weighted by Gasteiger charge is 2.59. The number of rotatable bonds is 2. The number of carbonyl (C=O) groups is 2. The topological polar surface area (TPSA) is 62.3 Å². The summed E-state index contributed by atoms with van der Waals surface area (Å²) in [6, 6.07) is 14.9. The number of aryl methyl sites for hydroxylation is 1. The van der Waals surface area contributed by atoms with Crippen molar-refractivity contribution in [1.29, 1.82) is 0 Å². The molecule has 0 radical (unpaired) electrons. The molecule has 1 spiro atoms. The number of para-hydroxylation sites is 1. The van der Waals surface area contributed by atoms with E-state index in [1.807, 2.05) is 31.2 Å². The summed E-state index contributed by atoms with van der Waals surface area (Å²) in [6.07, 6.45) is 3.70. The summed E-state index contributed by atoms with van der Waals surface area (Å²) >= 11 is 0. The molecule has 30 heavy (non-hydrogen) atoms. The largest absolute Gasteiger partial charge is 0.330 e. The minimum absolute atomic E-state index is 0.128. The Morgan fingerprint density at radius 1 is 1.17 bits per heavy atom. The van der Waals surface area contributed by atoms with Crippen molar-refractivity contribution in [3.8, 4) is 0 Å². The smallest absolute Gasteiger partial charge is 0.256 e. The summed E-state index contributed by atoms with van der Waals surface area (Å²) in [5, 5.41) is 2.99. The van der Waals surface area contributed by atoms with Gasteiger partial charge in [0.15, 0.2) is 0 Å². The molecule has 2 aliphatic heterocycles. The van der Waals surface area contributed by atoms with Gasteiger partial charge in [0.1, 0.15) is 11.2 Å². The average Bonchev–Trinajstić information content (AvgIpc) is 3.28. The summed E-state index contributed by atoms with van der Waals surface area (Å²) in [7, 11) is 0. The van der Waals surface area contributed by atoms with Gasteiger partial charge in [-0.3, -0.25) is 14.6 Å². The average molecular weight is 401 g/mol. The van der Waals surface area contributed by atoms with E-state index in [2.05, 4.69) is 10.3 Å². The maximum absolute atomic E-state index is 13.7. The molecular formula is C24H20FN3O2. The van der Waals surface area contributed by atoms with Crippen molar-refractivity contribution in [2.75, 3.05) is 11.9 Å². The molecule has 6 heteroatoms. The van der Waals surface area contributed by atoms with Gasteiger partial charge in [0.25, 0.3) is 5.91 Å². The SMILES string of the molecule is Cc1ccncc1C(=O)N1CCC2(C(=O)Nc3ccccc32)C1c1ccc(F)cc1. The normalized spacial score (nSPS) is 22.3. The lowest BCUT2D eigenvalue weighted by Gasteiger charge is -2.34. The number of pyridine rings is 1. The molecule has 1 saturated heterocycles. The van der Waals surface area contributed by atoms with E-state index >= 15 is 0 Å². The number of benzene rings is 2. The molecule has 5 nitrogen and oxygen atoms in total. The van der Waals surface area contributed by atoms with Crippen LogP contribution in [0.5, 0.6) is 0 Å². The van der Waals surface area contributed by atoms with Crippen LogP contribution in [-0.2, 0) is 10.2 Å². The fraction of sp³-hybridized carbons (Fsp3) is 0.208. The number of hydrogen-bond acceptors (Lipinski definition) is 3. The van der Waals surface area contributed by atoms with E-state index in [1.165, 1.54) is 12.1 Å². The maximum atomic E-state index is 13.7. The molecule has 1 fully saturated rings. The summed E-state index contributed by atoms with van der Waals surface area (Å²) in [6.45, 7) is 2.28. The molecule has 0 bridgehead atoms. The van der Waals surface area contributed by atoms with Crippen LogP contribution >= 0.6 is 0 Å². The Hall–Kier alpha value is -3.54. The van der Waals surface area contributed by atoms with Crippen molar-refractivity contribution < 1.29 is 14.0 Å². The summed E-state index contributed by atoms with van der Waals surface area (Å²) in [5.41, 5.74) is 2.79. The second-order valence-electron chi connectivity index (χ2n) is 7.86. The van der Waals surface area contributed by atoms with Crippen LogP contribution in [0.2, 0.25) is 0 Å². The third-order valence-corrected chi connectivity index (χ3v) is 6.30. The van der Waals surface area contributed by atoms with Crippen molar-refractivity contribution in [1.82, 2.24) is 9.88 Å². The van der Waals surface area contributed by atoms with Gasteiger partial charge in [0.05, 0.1) is 11.6 Å². The van der Waals surface area contributed by atoms with Gasteiger partial charge in [-0.1, -0.05) is 30.3 Å². The first-order valence-corrected chi connectivity index (χ1v) is 9.90. The monoisotopic (exact) mass is 401 g/mol. The molecular weight excluding hydrogens is 381 g/mol. The van der Waals surface area contributed by atoms with Crippen molar-refractivity contribution in [2.45, 2.75) is 24.8 Å². The number of hydrogen-bond donors (Lipinski definition) is 1. The van der Waals surface area contributed by atoms with E-state index in [9.17, 15) is 14.0 Å². The van der Waals surface area contributed by atoms with Crippen LogP contribution in [0.3, 0.4) is 0 Å². The predicted octanol–water partition coefficient (Wildman–Crippen LogP) is 4.01. The summed E-state index contributed by atoms with van der Waals surface area (Å²) in [5.74, 6) is -0.664. The quantitative estimate of drug-likeness (QED) is 0.706. The van der Waals surface area contributed by atoms with Gasteiger partial charge in [-0.05, 0) is 54.3 Å². The standard InChI is InChI=1S/C24H20FN3O2/c1-15-10-12-26-14-18(15)22(29)28-13-11-24(21(28)16-6-8-17(25)9-7-16)19-4-2-3-5-20(19)27-23(24)30/h2-10,12,14,21H,11,13H2,1H3,(H,27,30). The first-order valence-electron chi connectivity index (χ1n) is 9.90. The number of aromatic nitrogens is 1. The van der Waals surface area contributed by atoms with Crippen LogP contribution in [0.25, 0.3) is 0 Å². The summed E-state index contributed by atoms with van der Waals surface area (Å²) in [4.78, 5) is 32.7. The molecule has 150 valence electrons. The van der Waals surface area contributed by atoms with Gasteiger partial charge >= 0.3 is 0 Å². The number of likely N-dealkylation sites (tertiary alicyclic amines) is 1. The molecule has 2 aliphatic rings.